The van der Waals surface area contributed by atoms with Crippen LogP contribution in [-0.4, -0.2) is 23.7 Å². The van der Waals surface area contributed by atoms with Crippen LogP contribution in [0, 0.1) is 5.92 Å². The highest BCUT2D eigenvalue weighted by molar-refractivity contribution is 5.75. The quantitative estimate of drug-likeness (QED) is 0.610. The van der Waals surface area contributed by atoms with Gasteiger partial charge in [0.2, 0.25) is 5.91 Å². The van der Waals surface area contributed by atoms with Crippen molar-refractivity contribution in [2.24, 2.45) is 5.92 Å². The highest BCUT2D eigenvalue weighted by Gasteiger charge is 2.19. The first-order valence-corrected chi connectivity index (χ1v) is 5.63. The van der Waals surface area contributed by atoms with Crippen LogP contribution >= 0.6 is 0 Å². The van der Waals surface area contributed by atoms with Crippen LogP contribution in [0.5, 0.6) is 0 Å². The molecule has 0 bridgehead atoms. The topological polar surface area (TPSA) is 49.3 Å². The molecule has 0 aromatic rings. The highest BCUT2D eigenvalue weighted by Crippen LogP contribution is 2.33. The molecule has 0 heterocycles. The van der Waals surface area contributed by atoms with Crippen molar-refractivity contribution in [3.8, 4) is 0 Å². The zero-order valence-electron chi connectivity index (χ0n) is 8.96. The molecule has 0 saturated heterocycles. The van der Waals surface area contributed by atoms with Gasteiger partial charge in [-0.05, 0) is 32.1 Å². The van der Waals surface area contributed by atoms with Gasteiger partial charge in [-0.1, -0.05) is 12.8 Å². The number of carbonyl (C=O) groups excluding carboxylic acids is 1. The summed E-state index contributed by atoms with van der Waals surface area (Å²) in [6, 6.07) is 0. The van der Waals surface area contributed by atoms with Crippen molar-refractivity contribution in [2.75, 3.05) is 6.54 Å². The summed E-state index contributed by atoms with van der Waals surface area (Å²) in [5.41, 5.74) is 0. The Balaban J connectivity index is 1.86. The van der Waals surface area contributed by atoms with E-state index >= 15 is 0 Å². The summed E-state index contributed by atoms with van der Waals surface area (Å²) >= 11 is 0. The van der Waals surface area contributed by atoms with Gasteiger partial charge in [-0.2, -0.15) is 0 Å². The minimum absolute atomic E-state index is 0.0710. The lowest BCUT2D eigenvalue weighted by atomic mass is 10.2. The number of hydrogen-bond acceptors (Lipinski definition) is 2. The molecule has 0 radical (unpaired) electrons. The van der Waals surface area contributed by atoms with E-state index in [4.69, 9.17) is 5.11 Å². The lowest BCUT2D eigenvalue weighted by Crippen LogP contribution is -2.25. The number of aliphatic hydroxyl groups is 1. The Morgan fingerprint density at radius 1 is 1.57 bits per heavy atom. The van der Waals surface area contributed by atoms with Crippen LogP contribution in [0.25, 0.3) is 0 Å². The van der Waals surface area contributed by atoms with E-state index in [1.54, 1.807) is 6.92 Å². The third kappa shape index (κ3) is 5.97. The minimum atomic E-state index is -0.368. The van der Waals surface area contributed by atoms with Gasteiger partial charge in [0.1, 0.15) is 0 Å². The lowest BCUT2D eigenvalue weighted by molar-refractivity contribution is -0.121. The summed E-state index contributed by atoms with van der Waals surface area (Å²) in [4.78, 5) is 11.2. The molecule has 1 atom stereocenters. The Morgan fingerprint density at radius 2 is 2.29 bits per heavy atom. The van der Waals surface area contributed by atoms with Crippen molar-refractivity contribution in [3.05, 3.63) is 0 Å². The molecule has 1 rings (SSSR count). The molecule has 1 amide bonds. The summed E-state index contributed by atoms with van der Waals surface area (Å²) in [7, 11) is 0. The molecular formula is C11H21NO2. The Kier molecular flexibility index (Phi) is 4.94. The fraction of sp³-hybridized carbons (Fsp3) is 0.909. The molecule has 1 unspecified atom stereocenters. The molecule has 1 aliphatic rings. The zero-order chi connectivity index (χ0) is 10.4. The summed E-state index contributed by atoms with van der Waals surface area (Å²) in [5.74, 6) is 1.02. The van der Waals surface area contributed by atoms with Gasteiger partial charge in [-0.15, -0.1) is 0 Å². The van der Waals surface area contributed by atoms with E-state index in [-0.39, 0.29) is 12.0 Å². The minimum Gasteiger partial charge on any atom is -0.393 e. The third-order valence-electron chi connectivity index (χ3n) is 2.60. The van der Waals surface area contributed by atoms with E-state index in [1.165, 1.54) is 19.3 Å². The van der Waals surface area contributed by atoms with Gasteiger partial charge in [-0.25, -0.2) is 0 Å². The first-order valence-electron chi connectivity index (χ1n) is 5.63. The van der Waals surface area contributed by atoms with Crippen LogP contribution in [0.4, 0.5) is 0 Å². The maximum absolute atomic E-state index is 11.2. The second-order valence-electron chi connectivity index (χ2n) is 4.32. The number of hydrogen-bond donors (Lipinski definition) is 2. The molecule has 0 aromatic carbocycles. The first kappa shape index (κ1) is 11.5. The molecule has 2 N–H and O–H groups in total. The lowest BCUT2D eigenvalue weighted by Gasteiger charge is -2.05. The van der Waals surface area contributed by atoms with Crippen molar-refractivity contribution in [3.63, 3.8) is 0 Å². The summed E-state index contributed by atoms with van der Waals surface area (Å²) in [6.45, 7) is 2.51. The largest absolute Gasteiger partial charge is 0.393 e. The van der Waals surface area contributed by atoms with Gasteiger partial charge >= 0.3 is 0 Å². The van der Waals surface area contributed by atoms with Crippen molar-refractivity contribution < 1.29 is 9.90 Å². The van der Waals surface area contributed by atoms with Crippen LogP contribution in [0.1, 0.15) is 45.4 Å². The molecule has 0 aromatic heterocycles. The molecule has 1 aliphatic carbocycles. The standard InChI is InChI=1S/C11H21NO2/c1-9(13)4-7-11(14)12-8-2-3-10-5-6-10/h9-10,13H,2-8H2,1H3,(H,12,14). The summed E-state index contributed by atoms with van der Waals surface area (Å²) < 4.78 is 0. The van der Waals surface area contributed by atoms with Crippen molar-refractivity contribution >= 4 is 5.91 Å². The van der Waals surface area contributed by atoms with Crippen LogP contribution in [0.3, 0.4) is 0 Å². The number of amides is 1. The monoisotopic (exact) mass is 199 g/mol. The van der Waals surface area contributed by atoms with Crippen LogP contribution in [-0.2, 0) is 4.79 Å². The molecular weight excluding hydrogens is 178 g/mol. The van der Waals surface area contributed by atoms with Gasteiger partial charge in [-0.3, -0.25) is 4.79 Å². The fourth-order valence-corrected chi connectivity index (χ4v) is 1.45. The number of nitrogens with one attached hydrogen (secondary N) is 1. The molecule has 1 saturated carbocycles. The maximum Gasteiger partial charge on any atom is 0.220 e. The van der Waals surface area contributed by atoms with Gasteiger partial charge < -0.3 is 10.4 Å². The molecule has 3 nitrogen and oxygen atoms in total. The Bertz CT molecular complexity index is 176. The highest BCUT2D eigenvalue weighted by atomic mass is 16.3. The molecule has 0 spiro atoms. The average Bonchev–Trinajstić information content (AvgIpc) is 2.92. The third-order valence-corrected chi connectivity index (χ3v) is 2.60. The number of aliphatic hydroxyl groups excluding tert-OH is 1. The van der Waals surface area contributed by atoms with E-state index in [9.17, 15) is 4.79 Å². The van der Waals surface area contributed by atoms with Gasteiger partial charge in [0.05, 0.1) is 6.10 Å². The number of rotatable bonds is 7. The molecule has 82 valence electrons. The zero-order valence-corrected chi connectivity index (χ0v) is 8.96. The van der Waals surface area contributed by atoms with Gasteiger partial charge in [0.15, 0.2) is 0 Å². The van der Waals surface area contributed by atoms with E-state index in [0.29, 0.717) is 12.8 Å². The number of carbonyl (C=O) groups is 1. The van der Waals surface area contributed by atoms with Crippen molar-refractivity contribution in [1.82, 2.24) is 5.32 Å². The molecule has 3 heteroatoms. The predicted molar refractivity (Wildman–Crippen MR) is 55.9 cm³/mol. The Labute approximate surface area is 85.9 Å². The van der Waals surface area contributed by atoms with Gasteiger partial charge in [0, 0.05) is 13.0 Å². The normalized spacial score (nSPS) is 17.9. The van der Waals surface area contributed by atoms with E-state index < -0.39 is 0 Å². The second-order valence-corrected chi connectivity index (χ2v) is 4.32. The van der Waals surface area contributed by atoms with E-state index in [1.807, 2.05) is 0 Å². The average molecular weight is 199 g/mol. The summed E-state index contributed by atoms with van der Waals surface area (Å²) in [5, 5.41) is 11.8. The molecule has 14 heavy (non-hydrogen) atoms. The van der Waals surface area contributed by atoms with Crippen molar-refractivity contribution in [1.29, 1.82) is 0 Å². The first-order chi connectivity index (χ1) is 6.68. The summed E-state index contributed by atoms with van der Waals surface area (Å²) in [6.07, 6.45) is 5.77. The van der Waals surface area contributed by atoms with Gasteiger partial charge in [0.25, 0.3) is 0 Å². The predicted octanol–water partition coefficient (Wildman–Crippen LogP) is 1.45. The van der Waals surface area contributed by atoms with E-state index in [2.05, 4.69) is 5.32 Å². The Hall–Kier alpha value is -0.570. The van der Waals surface area contributed by atoms with Crippen LogP contribution in [0.15, 0.2) is 0 Å². The second kappa shape index (κ2) is 6.02. The maximum atomic E-state index is 11.2. The molecule has 1 fully saturated rings. The molecule has 0 aliphatic heterocycles. The van der Waals surface area contributed by atoms with Crippen LogP contribution in [0.2, 0.25) is 0 Å². The Morgan fingerprint density at radius 3 is 2.86 bits per heavy atom. The fourth-order valence-electron chi connectivity index (χ4n) is 1.45. The SMILES string of the molecule is CC(O)CCC(=O)NCCCC1CC1. The smallest absolute Gasteiger partial charge is 0.220 e. The van der Waals surface area contributed by atoms with Crippen molar-refractivity contribution in [2.45, 2.75) is 51.6 Å². The van der Waals surface area contributed by atoms with Crippen LogP contribution < -0.4 is 5.32 Å². The van der Waals surface area contributed by atoms with E-state index in [0.717, 1.165) is 18.9 Å².